The largest absolute Gasteiger partial charge is 0.340 e. The molecule has 4 rings (SSSR count). The molecule has 0 bridgehead atoms. The van der Waals surface area contributed by atoms with Crippen molar-refractivity contribution in [2.45, 2.75) is 31.8 Å². The summed E-state index contributed by atoms with van der Waals surface area (Å²) in [6.45, 7) is 5.58. The fourth-order valence-electron chi connectivity index (χ4n) is 4.43. The monoisotopic (exact) mass is 329 g/mol. The summed E-state index contributed by atoms with van der Waals surface area (Å²) in [5.41, 5.74) is 7.90. The fraction of sp³-hybridized carbons (Fsp3) is 0.667. The second kappa shape index (κ2) is 7.17. The minimum Gasteiger partial charge on any atom is -0.340 e. The smallest absolute Gasteiger partial charge is 0.227 e. The molecule has 2 N–H and O–H groups in total. The molecule has 1 aliphatic carbocycles. The maximum Gasteiger partial charge on any atom is 0.227 e. The van der Waals surface area contributed by atoms with Gasteiger partial charge in [-0.3, -0.25) is 25.5 Å². The highest BCUT2D eigenvalue weighted by atomic mass is 16.2. The van der Waals surface area contributed by atoms with Gasteiger partial charge in [-0.2, -0.15) is 0 Å². The number of nitrogens with one attached hydrogen (secondary N) is 2. The molecule has 1 saturated carbocycles. The number of amides is 1. The molecule has 6 nitrogen and oxygen atoms in total. The highest BCUT2D eigenvalue weighted by Gasteiger charge is 2.41. The standard InChI is InChI=1S/C18H27N5O/c24-18(16-3-1-2-15-12-20-21-17(15)16)23-10-8-22(9-11-23)13-14-4-6-19-7-5-14/h4-7,15-17,20-21H,1-3,8-13H2. The number of hydrogen-bond acceptors (Lipinski definition) is 5. The van der Waals surface area contributed by atoms with Crippen LogP contribution in [0.2, 0.25) is 0 Å². The molecule has 3 atom stereocenters. The third-order valence-electron chi connectivity index (χ3n) is 5.82. The van der Waals surface area contributed by atoms with E-state index in [0.717, 1.165) is 45.7 Å². The third-order valence-corrected chi connectivity index (χ3v) is 5.82. The van der Waals surface area contributed by atoms with Gasteiger partial charge in [-0.05, 0) is 36.5 Å². The molecule has 130 valence electrons. The van der Waals surface area contributed by atoms with Gasteiger partial charge in [0, 0.05) is 57.7 Å². The number of fused-ring (bicyclic) bond motifs is 1. The summed E-state index contributed by atoms with van der Waals surface area (Å²) in [6.07, 6.45) is 7.15. The first-order valence-corrected chi connectivity index (χ1v) is 9.20. The van der Waals surface area contributed by atoms with E-state index in [9.17, 15) is 4.79 Å². The highest BCUT2D eigenvalue weighted by Crippen LogP contribution is 2.32. The van der Waals surface area contributed by atoms with E-state index >= 15 is 0 Å². The molecule has 0 spiro atoms. The molecule has 6 heteroatoms. The number of hydrogen-bond donors (Lipinski definition) is 2. The van der Waals surface area contributed by atoms with Crippen LogP contribution >= 0.6 is 0 Å². The quantitative estimate of drug-likeness (QED) is 0.851. The average molecular weight is 329 g/mol. The molecule has 0 radical (unpaired) electrons. The van der Waals surface area contributed by atoms with Crippen LogP contribution in [0, 0.1) is 11.8 Å². The predicted molar refractivity (Wildman–Crippen MR) is 91.9 cm³/mol. The van der Waals surface area contributed by atoms with E-state index in [4.69, 9.17) is 0 Å². The van der Waals surface area contributed by atoms with Gasteiger partial charge in [0.1, 0.15) is 0 Å². The Hall–Kier alpha value is -1.50. The van der Waals surface area contributed by atoms with Crippen LogP contribution in [-0.4, -0.2) is 59.5 Å². The lowest BCUT2D eigenvalue weighted by Crippen LogP contribution is -2.54. The molecule has 3 unspecified atom stereocenters. The highest BCUT2D eigenvalue weighted by molar-refractivity contribution is 5.80. The maximum absolute atomic E-state index is 13.0. The van der Waals surface area contributed by atoms with Gasteiger partial charge in [-0.25, -0.2) is 0 Å². The Morgan fingerprint density at radius 2 is 1.96 bits per heavy atom. The first-order valence-electron chi connectivity index (χ1n) is 9.20. The lowest BCUT2D eigenvalue weighted by atomic mass is 9.77. The number of pyridine rings is 1. The first kappa shape index (κ1) is 16.0. The van der Waals surface area contributed by atoms with E-state index in [1.165, 1.54) is 18.4 Å². The van der Waals surface area contributed by atoms with Crippen molar-refractivity contribution in [3.63, 3.8) is 0 Å². The Bertz CT molecular complexity index is 558. The van der Waals surface area contributed by atoms with Gasteiger partial charge >= 0.3 is 0 Å². The zero-order chi connectivity index (χ0) is 16.4. The van der Waals surface area contributed by atoms with E-state index in [1.807, 2.05) is 12.4 Å². The van der Waals surface area contributed by atoms with Crippen LogP contribution in [0.5, 0.6) is 0 Å². The molecule has 0 aromatic carbocycles. The molecule has 1 aromatic heterocycles. The number of nitrogens with zero attached hydrogens (tertiary/aromatic N) is 3. The van der Waals surface area contributed by atoms with E-state index in [0.29, 0.717) is 17.9 Å². The van der Waals surface area contributed by atoms with Crippen molar-refractivity contribution in [3.05, 3.63) is 30.1 Å². The molecular weight excluding hydrogens is 302 g/mol. The Morgan fingerprint density at radius 1 is 1.17 bits per heavy atom. The van der Waals surface area contributed by atoms with Crippen LogP contribution < -0.4 is 10.9 Å². The van der Waals surface area contributed by atoms with Gasteiger partial charge in [-0.15, -0.1) is 0 Å². The first-order chi connectivity index (χ1) is 11.8. The van der Waals surface area contributed by atoms with Crippen LogP contribution in [0.15, 0.2) is 24.5 Å². The number of hydrazine groups is 1. The van der Waals surface area contributed by atoms with Gasteiger partial charge in [-0.1, -0.05) is 6.42 Å². The summed E-state index contributed by atoms with van der Waals surface area (Å²) in [7, 11) is 0. The van der Waals surface area contributed by atoms with Crippen molar-refractivity contribution in [2.24, 2.45) is 11.8 Å². The average Bonchev–Trinajstić information content (AvgIpc) is 3.11. The van der Waals surface area contributed by atoms with Crippen LogP contribution in [0.25, 0.3) is 0 Å². The summed E-state index contributed by atoms with van der Waals surface area (Å²) >= 11 is 0. The van der Waals surface area contributed by atoms with Crippen LogP contribution in [0.4, 0.5) is 0 Å². The van der Waals surface area contributed by atoms with E-state index in [1.54, 1.807) is 0 Å². The molecule has 24 heavy (non-hydrogen) atoms. The Labute approximate surface area is 143 Å². The normalized spacial score (nSPS) is 31.0. The second-order valence-electron chi connectivity index (χ2n) is 7.31. The van der Waals surface area contributed by atoms with E-state index in [-0.39, 0.29) is 5.92 Å². The summed E-state index contributed by atoms with van der Waals surface area (Å²) in [6, 6.07) is 4.47. The fourth-order valence-corrected chi connectivity index (χ4v) is 4.43. The zero-order valence-corrected chi connectivity index (χ0v) is 14.2. The number of rotatable bonds is 3. The van der Waals surface area contributed by atoms with Crippen molar-refractivity contribution in [1.82, 2.24) is 25.6 Å². The van der Waals surface area contributed by atoms with Crippen LogP contribution in [0.3, 0.4) is 0 Å². The molecular formula is C18H27N5O. The van der Waals surface area contributed by atoms with Gasteiger partial charge < -0.3 is 4.90 Å². The predicted octanol–water partition coefficient (Wildman–Crippen LogP) is 0.619. The topological polar surface area (TPSA) is 60.5 Å². The second-order valence-corrected chi connectivity index (χ2v) is 7.31. The van der Waals surface area contributed by atoms with Gasteiger partial charge in [0.15, 0.2) is 0 Å². The van der Waals surface area contributed by atoms with E-state index in [2.05, 4.69) is 37.8 Å². The van der Waals surface area contributed by atoms with Crippen LogP contribution in [-0.2, 0) is 11.3 Å². The van der Waals surface area contributed by atoms with Crippen molar-refractivity contribution in [2.75, 3.05) is 32.7 Å². The molecule has 3 aliphatic rings. The van der Waals surface area contributed by atoms with Crippen LogP contribution in [0.1, 0.15) is 24.8 Å². The minimum absolute atomic E-state index is 0.158. The molecule has 2 saturated heterocycles. The van der Waals surface area contributed by atoms with Crippen molar-refractivity contribution in [1.29, 1.82) is 0 Å². The molecule has 2 aliphatic heterocycles. The minimum atomic E-state index is 0.158. The Balaban J connectivity index is 1.31. The summed E-state index contributed by atoms with van der Waals surface area (Å²) < 4.78 is 0. The summed E-state index contributed by atoms with van der Waals surface area (Å²) in [5, 5.41) is 0. The van der Waals surface area contributed by atoms with Crippen molar-refractivity contribution < 1.29 is 4.79 Å². The number of carbonyl (C=O) groups is 1. The summed E-state index contributed by atoms with van der Waals surface area (Å²) in [4.78, 5) is 21.6. The zero-order valence-electron chi connectivity index (χ0n) is 14.2. The number of aromatic nitrogens is 1. The Kier molecular flexibility index (Phi) is 4.78. The lowest BCUT2D eigenvalue weighted by Gasteiger charge is -2.39. The van der Waals surface area contributed by atoms with Gasteiger partial charge in [0.25, 0.3) is 0 Å². The van der Waals surface area contributed by atoms with Gasteiger partial charge in [0.05, 0.1) is 5.92 Å². The lowest BCUT2D eigenvalue weighted by molar-refractivity contribution is -0.139. The SMILES string of the molecule is O=C(C1CCCC2CNNC21)N1CCN(Cc2ccncc2)CC1. The number of carbonyl (C=O) groups excluding carboxylic acids is 1. The molecule has 1 aromatic rings. The summed E-state index contributed by atoms with van der Waals surface area (Å²) in [5.74, 6) is 1.15. The molecule has 3 heterocycles. The molecule has 3 fully saturated rings. The van der Waals surface area contributed by atoms with Crippen molar-refractivity contribution in [3.8, 4) is 0 Å². The molecule has 1 amide bonds. The maximum atomic E-state index is 13.0. The Morgan fingerprint density at radius 3 is 2.75 bits per heavy atom. The number of piperazine rings is 1. The van der Waals surface area contributed by atoms with Crippen molar-refractivity contribution >= 4 is 5.91 Å². The van der Waals surface area contributed by atoms with Gasteiger partial charge in [0.2, 0.25) is 5.91 Å². The van der Waals surface area contributed by atoms with E-state index < -0.39 is 0 Å². The third kappa shape index (κ3) is 3.31.